The number of rotatable bonds is 3. The minimum absolute atomic E-state index is 0.138. The third-order valence-corrected chi connectivity index (χ3v) is 5.19. The van der Waals surface area contributed by atoms with Crippen molar-refractivity contribution in [1.82, 2.24) is 24.5 Å². The Morgan fingerprint density at radius 1 is 1.26 bits per heavy atom. The fourth-order valence-electron chi connectivity index (χ4n) is 3.88. The van der Waals surface area contributed by atoms with Gasteiger partial charge in [0.15, 0.2) is 11.5 Å². The monoisotopic (exact) mass is 367 g/mol. The maximum absolute atomic E-state index is 13.3. The van der Waals surface area contributed by atoms with Crippen molar-refractivity contribution in [2.24, 2.45) is 0 Å². The molecule has 0 aromatic carbocycles. The Labute approximate surface area is 156 Å². The van der Waals surface area contributed by atoms with Crippen LogP contribution < -0.4 is 0 Å². The molecule has 1 unspecified atom stereocenters. The maximum atomic E-state index is 13.3. The summed E-state index contributed by atoms with van der Waals surface area (Å²) in [7, 11) is 1.34. The minimum Gasteiger partial charge on any atom is -0.465 e. The molecule has 0 radical (unpaired) electrons. The van der Waals surface area contributed by atoms with E-state index in [-0.39, 0.29) is 11.9 Å². The molecule has 1 saturated heterocycles. The lowest BCUT2D eigenvalue weighted by atomic mass is 10.1. The number of carbonyl (C=O) groups is 2. The molecule has 0 spiro atoms. The number of hydrogen-bond donors (Lipinski definition) is 1. The Morgan fingerprint density at radius 2 is 2.07 bits per heavy atom. The molecule has 1 aliphatic rings. The molecular formula is C19H21N5O3. The summed E-state index contributed by atoms with van der Waals surface area (Å²) in [5.41, 5.74) is 2.84. The molecule has 4 rings (SSSR count). The zero-order chi connectivity index (χ0) is 19.1. The number of aryl methyl sites for hydroxylation is 1. The van der Waals surface area contributed by atoms with E-state index in [2.05, 4.69) is 15.2 Å². The molecular weight excluding hydrogens is 346 g/mol. The van der Waals surface area contributed by atoms with Gasteiger partial charge in [-0.05, 0) is 44.4 Å². The van der Waals surface area contributed by atoms with Gasteiger partial charge in [-0.1, -0.05) is 6.07 Å². The van der Waals surface area contributed by atoms with E-state index < -0.39 is 5.97 Å². The molecule has 1 amide bonds. The van der Waals surface area contributed by atoms with Crippen LogP contribution in [0.15, 0.2) is 24.4 Å². The zero-order valence-corrected chi connectivity index (χ0v) is 15.5. The fourth-order valence-corrected chi connectivity index (χ4v) is 3.88. The molecule has 8 heteroatoms. The Morgan fingerprint density at radius 3 is 2.85 bits per heavy atom. The molecule has 3 aromatic heterocycles. The molecule has 1 fully saturated rings. The van der Waals surface area contributed by atoms with E-state index in [1.807, 2.05) is 33.7 Å². The van der Waals surface area contributed by atoms with Crippen molar-refractivity contribution in [3.05, 3.63) is 52.7 Å². The van der Waals surface area contributed by atoms with Gasteiger partial charge in [0.1, 0.15) is 5.69 Å². The summed E-state index contributed by atoms with van der Waals surface area (Å²) in [5.74, 6) is 0.174. The van der Waals surface area contributed by atoms with Gasteiger partial charge >= 0.3 is 5.97 Å². The summed E-state index contributed by atoms with van der Waals surface area (Å²) in [4.78, 5) is 30.2. The third-order valence-electron chi connectivity index (χ3n) is 5.19. The predicted octanol–water partition coefficient (Wildman–Crippen LogP) is 2.44. The van der Waals surface area contributed by atoms with Crippen molar-refractivity contribution < 1.29 is 14.3 Å². The van der Waals surface area contributed by atoms with E-state index in [9.17, 15) is 9.59 Å². The van der Waals surface area contributed by atoms with Gasteiger partial charge < -0.3 is 14.6 Å². The van der Waals surface area contributed by atoms with Crippen molar-refractivity contribution in [3.63, 3.8) is 0 Å². The molecule has 1 N–H and O–H groups in total. The van der Waals surface area contributed by atoms with Crippen LogP contribution >= 0.6 is 0 Å². The normalized spacial score (nSPS) is 16.9. The van der Waals surface area contributed by atoms with Gasteiger partial charge in [0.2, 0.25) is 0 Å². The number of amides is 1. The van der Waals surface area contributed by atoms with Gasteiger partial charge in [-0.15, -0.1) is 10.2 Å². The molecule has 3 aromatic rings. The van der Waals surface area contributed by atoms with Crippen molar-refractivity contribution in [1.29, 1.82) is 0 Å². The number of aromatic nitrogens is 4. The van der Waals surface area contributed by atoms with Crippen LogP contribution in [0.5, 0.6) is 0 Å². The van der Waals surface area contributed by atoms with Crippen LogP contribution in [0.1, 0.15) is 56.8 Å². The molecule has 1 aliphatic heterocycles. The van der Waals surface area contributed by atoms with E-state index in [1.165, 1.54) is 7.11 Å². The minimum atomic E-state index is -0.443. The lowest BCUT2D eigenvalue weighted by molar-refractivity contribution is 0.0599. The van der Waals surface area contributed by atoms with E-state index in [4.69, 9.17) is 4.74 Å². The summed E-state index contributed by atoms with van der Waals surface area (Å²) in [5, 5.41) is 8.53. The quantitative estimate of drug-likeness (QED) is 0.718. The Balaban J connectivity index is 1.71. The van der Waals surface area contributed by atoms with Crippen LogP contribution in [0, 0.1) is 13.8 Å². The van der Waals surface area contributed by atoms with E-state index in [1.54, 1.807) is 13.8 Å². The number of pyridine rings is 1. The summed E-state index contributed by atoms with van der Waals surface area (Å²) in [6.07, 6.45) is 3.62. The second-order valence-electron chi connectivity index (χ2n) is 6.76. The number of nitrogens with one attached hydrogen (secondary N) is 1. The SMILES string of the molecule is COC(=O)c1c(C)[nH]c(C(=O)N2CCCC2c2nnc3ccccn23)c1C. The molecule has 4 heterocycles. The number of esters is 1. The smallest absolute Gasteiger partial charge is 0.339 e. The van der Waals surface area contributed by atoms with Crippen molar-refractivity contribution in [2.45, 2.75) is 32.7 Å². The first kappa shape index (κ1) is 17.3. The molecule has 0 saturated carbocycles. The number of ether oxygens (including phenoxy) is 1. The summed E-state index contributed by atoms with van der Waals surface area (Å²) < 4.78 is 6.76. The summed E-state index contributed by atoms with van der Waals surface area (Å²) >= 11 is 0. The first-order valence-corrected chi connectivity index (χ1v) is 8.91. The number of carbonyl (C=O) groups excluding carboxylic acids is 2. The van der Waals surface area contributed by atoms with Gasteiger partial charge in [0, 0.05) is 18.4 Å². The lowest BCUT2D eigenvalue weighted by Crippen LogP contribution is -2.32. The Kier molecular flexibility index (Phi) is 4.18. The van der Waals surface area contributed by atoms with E-state index in [0.29, 0.717) is 29.1 Å². The molecule has 27 heavy (non-hydrogen) atoms. The average molecular weight is 367 g/mol. The first-order valence-electron chi connectivity index (χ1n) is 8.91. The largest absolute Gasteiger partial charge is 0.465 e. The van der Waals surface area contributed by atoms with Crippen LogP contribution in [0.2, 0.25) is 0 Å². The van der Waals surface area contributed by atoms with Crippen molar-refractivity contribution >= 4 is 17.5 Å². The highest BCUT2D eigenvalue weighted by molar-refractivity contribution is 6.00. The molecule has 8 nitrogen and oxygen atoms in total. The number of fused-ring (bicyclic) bond motifs is 1. The van der Waals surface area contributed by atoms with Crippen molar-refractivity contribution in [3.8, 4) is 0 Å². The molecule has 0 aliphatic carbocycles. The number of nitrogens with zero attached hydrogens (tertiary/aromatic N) is 4. The lowest BCUT2D eigenvalue weighted by Gasteiger charge is -2.23. The highest BCUT2D eigenvalue weighted by Gasteiger charge is 2.36. The summed E-state index contributed by atoms with van der Waals surface area (Å²) in [6, 6.07) is 5.56. The highest BCUT2D eigenvalue weighted by atomic mass is 16.5. The maximum Gasteiger partial charge on any atom is 0.339 e. The number of likely N-dealkylation sites (tertiary alicyclic amines) is 1. The first-order chi connectivity index (χ1) is 13.0. The standard InChI is InChI=1S/C19H21N5O3/c1-11-15(19(26)27-3)12(2)20-16(11)18(25)23-10-6-7-13(23)17-22-21-14-8-4-5-9-24(14)17/h4-5,8-9,13,20H,6-7,10H2,1-3H3. The van der Waals surface area contributed by atoms with Crippen molar-refractivity contribution in [2.75, 3.05) is 13.7 Å². The Bertz CT molecular complexity index is 1040. The number of H-pyrrole nitrogens is 1. The molecule has 0 bridgehead atoms. The van der Waals surface area contributed by atoms with E-state index >= 15 is 0 Å². The van der Waals surface area contributed by atoms with Crippen LogP contribution in [0.4, 0.5) is 0 Å². The van der Waals surface area contributed by atoms with Gasteiger partial charge in [-0.3, -0.25) is 9.20 Å². The van der Waals surface area contributed by atoms with Crippen LogP contribution in [-0.4, -0.2) is 50.0 Å². The summed E-state index contributed by atoms with van der Waals surface area (Å²) in [6.45, 7) is 4.17. The zero-order valence-electron chi connectivity index (χ0n) is 15.5. The van der Waals surface area contributed by atoms with Gasteiger partial charge in [0.25, 0.3) is 5.91 Å². The number of hydrogen-bond acceptors (Lipinski definition) is 5. The van der Waals surface area contributed by atoms with Gasteiger partial charge in [-0.2, -0.15) is 0 Å². The van der Waals surface area contributed by atoms with Gasteiger partial charge in [-0.25, -0.2) is 4.79 Å². The van der Waals surface area contributed by atoms with Crippen LogP contribution in [0.3, 0.4) is 0 Å². The highest BCUT2D eigenvalue weighted by Crippen LogP contribution is 2.33. The second-order valence-corrected chi connectivity index (χ2v) is 6.76. The number of aromatic amines is 1. The van der Waals surface area contributed by atoms with Crippen LogP contribution in [-0.2, 0) is 4.74 Å². The third kappa shape index (κ3) is 2.68. The Hall–Kier alpha value is -3.16. The molecule has 1 atom stereocenters. The topological polar surface area (TPSA) is 92.6 Å². The predicted molar refractivity (Wildman–Crippen MR) is 97.6 cm³/mol. The molecule has 140 valence electrons. The average Bonchev–Trinajstić information content (AvgIpc) is 3.37. The van der Waals surface area contributed by atoms with Crippen LogP contribution in [0.25, 0.3) is 5.65 Å². The van der Waals surface area contributed by atoms with Gasteiger partial charge in [0.05, 0.1) is 18.7 Å². The van der Waals surface area contributed by atoms with E-state index in [0.717, 1.165) is 24.3 Å². The fraction of sp³-hybridized carbons (Fsp3) is 0.368. The second kappa shape index (κ2) is 6.53. The number of methoxy groups -OCH3 is 1.